The number of anilines is 1. The Morgan fingerprint density at radius 1 is 1.13 bits per heavy atom. The van der Waals surface area contributed by atoms with Gasteiger partial charge in [-0.15, -0.1) is 0 Å². The van der Waals surface area contributed by atoms with Crippen molar-refractivity contribution < 1.29 is 9.53 Å². The van der Waals surface area contributed by atoms with E-state index < -0.39 is 5.91 Å². The van der Waals surface area contributed by atoms with Crippen LogP contribution in [-0.4, -0.2) is 13.0 Å². The Bertz CT molecular complexity index is 764. The minimum absolute atomic E-state index is 0.0535. The van der Waals surface area contributed by atoms with E-state index in [9.17, 15) is 10.1 Å². The van der Waals surface area contributed by atoms with Crippen LogP contribution in [0.3, 0.4) is 0 Å². The Morgan fingerprint density at radius 2 is 1.74 bits per heavy atom. The molecule has 2 aromatic carbocycles. The number of nitrogens with one attached hydrogen (secondary N) is 1. The molecule has 0 atom stereocenters. The molecule has 1 amide bonds. The molecule has 0 spiro atoms. The zero-order valence-electron chi connectivity index (χ0n) is 13.4. The topological polar surface area (TPSA) is 62.1 Å². The lowest BCUT2D eigenvalue weighted by atomic mass is 10.1. The first kappa shape index (κ1) is 16.3. The highest BCUT2D eigenvalue weighted by Crippen LogP contribution is 2.21. The summed E-state index contributed by atoms with van der Waals surface area (Å²) in [7, 11) is 1.59. The summed E-state index contributed by atoms with van der Waals surface area (Å²) in [6.45, 7) is 3.84. The minimum atomic E-state index is -0.416. The Hall–Kier alpha value is -3.06. The lowest BCUT2D eigenvalue weighted by Crippen LogP contribution is -2.15. The van der Waals surface area contributed by atoms with Gasteiger partial charge in [-0.25, -0.2) is 0 Å². The quantitative estimate of drug-likeness (QED) is 0.689. The number of aryl methyl sites for hydroxylation is 2. The molecule has 0 radical (unpaired) electrons. The van der Waals surface area contributed by atoms with E-state index in [0.717, 1.165) is 28.1 Å². The molecule has 0 aliphatic rings. The fourth-order valence-electron chi connectivity index (χ4n) is 2.21. The Labute approximate surface area is 136 Å². The molecular formula is C19H18N2O2. The van der Waals surface area contributed by atoms with Crippen LogP contribution in [0.1, 0.15) is 16.7 Å². The van der Waals surface area contributed by atoms with Crippen molar-refractivity contribution in [1.82, 2.24) is 0 Å². The molecule has 0 aliphatic carbocycles. The fourth-order valence-corrected chi connectivity index (χ4v) is 2.21. The van der Waals surface area contributed by atoms with E-state index in [1.807, 2.05) is 38.1 Å². The Kier molecular flexibility index (Phi) is 5.16. The predicted molar refractivity (Wildman–Crippen MR) is 91.1 cm³/mol. The normalized spacial score (nSPS) is 10.8. The minimum Gasteiger partial charge on any atom is -0.497 e. The van der Waals surface area contributed by atoms with Crippen LogP contribution in [0.2, 0.25) is 0 Å². The van der Waals surface area contributed by atoms with Crippen molar-refractivity contribution >= 4 is 17.7 Å². The molecule has 0 bridgehead atoms. The second kappa shape index (κ2) is 7.28. The van der Waals surface area contributed by atoms with Crippen LogP contribution in [0.5, 0.6) is 5.75 Å². The van der Waals surface area contributed by atoms with E-state index >= 15 is 0 Å². The molecule has 0 fully saturated rings. The fraction of sp³-hybridized carbons (Fsp3) is 0.158. The number of rotatable bonds is 4. The zero-order chi connectivity index (χ0) is 16.8. The van der Waals surface area contributed by atoms with Crippen LogP contribution >= 0.6 is 0 Å². The van der Waals surface area contributed by atoms with E-state index in [0.29, 0.717) is 0 Å². The van der Waals surface area contributed by atoms with Crippen molar-refractivity contribution in [2.45, 2.75) is 13.8 Å². The number of amides is 1. The first-order valence-corrected chi connectivity index (χ1v) is 7.18. The first-order valence-electron chi connectivity index (χ1n) is 7.18. The number of hydrogen-bond donors (Lipinski definition) is 1. The van der Waals surface area contributed by atoms with E-state index in [1.165, 1.54) is 0 Å². The third-order valence-electron chi connectivity index (χ3n) is 3.51. The van der Waals surface area contributed by atoms with Crippen LogP contribution in [0.25, 0.3) is 6.08 Å². The molecule has 0 saturated carbocycles. The highest BCUT2D eigenvalue weighted by atomic mass is 16.5. The number of nitriles is 1. The summed E-state index contributed by atoms with van der Waals surface area (Å²) in [4.78, 5) is 12.3. The summed E-state index contributed by atoms with van der Waals surface area (Å²) in [5.74, 6) is 0.307. The lowest BCUT2D eigenvalue weighted by Gasteiger charge is -2.10. The average Bonchev–Trinajstić information content (AvgIpc) is 2.56. The third kappa shape index (κ3) is 3.98. The van der Waals surface area contributed by atoms with Gasteiger partial charge in [0.25, 0.3) is 5.91 Å². The van der Waals surface area contributed by atoms with E-state index in [-0.39, 0.29) is 5.57 Å². The highest BCUT2D eigenvalue weighted by molar-refractivity contribution is 6.10. The largest absolute Gasteiger partial charge is 0.497 e. The van der Waals surface area contributed by atoms with Crippen LogP contribution in [0.4, 0.5) is 5.69 Å². The van der Waals surface area contributed by atoms with Gasteiger partial charge in [0.05, 0.1) is 7.11 Å². The smallest absolute Gasteiger partial charge is 0.266 e. The number of para-hydroxylation sites is 1. The summed E-state index contributed by atoms with van der Waals surface area (Å²) in [5, 5.41) is 12.1. The van der Waals surface area contributed by atoms with Gasteiger partial charge in [-0.3, -0.25) is 4.79 Å². The first-order chi connectivity index (χ1) is 11.0. The van der Waals surface area contributed by atoms with Crippen molar-refractivity contribution in [2.75, 3.05) is 12.4 Å². The monoisotopic (exact) mass is 306 g/mol. The van der Waals surface area contributed by atoms with Crippen LogP contribution < -0.4 is 10.1 Å². The zero-order valence-corrected chi connectivity index (χ0v) is 13.4. The number of methoxy groups -OCH3 is 1. The molecular weight excluding hydrogens is 288 g/mol. The SMILES string of the molecule is COc1ccc(/C=C(\C#N)C(=O)Nc2c(C)cccc2C)cc1. The standard InChI is InChI=1S/C19H18N2O2/c1-13-5-4-6-14(2)18(13)21-19(22)16(12-20)11-15-7-9-17(23-3)10-8-15/h4-11H,1-3H3,(H,21,22)/b16-11+. The van der Waals surface area contributed by atoms with Gasteiger partial charge in [-0.1, -0.05) is 30.3 Å². The maximum atomic E-state index is 12.3. The summed E-state index contributed by atoms with van der Waals surface area (Å²) >= 11 is 0. The number of hydrogen-bond acceptors (Lipinski definition) is 3. The van der Waals surface area contributed by atoms with Crippen LogP contribution in [0.15, 0.2) is 48.0 Å². The van der Waals surface area contributed by atoms with Gasteiger partial charge in [0.15, 0.2) is 0 Å². The number of carbonyl (C=O) groups is 1. The Balaban J connectivity index is 2.24. The van der Waals surface area contributed by atoms with Crippen molar-refractivity contribution in [2.24, 2.45) is 0 Å². The van der Waals surface area contributed by atoms with E-state index in [1.54, 1.807) is 37.5 Å². The van der Waals surface area contributed by atoms with Crippen LogP contribution in [-0.2, 0) is 4.79 Å². The van der Waals surface area contributed by atoms with Crippen molar-refractivity contribution in [1.29, 1.82) is 5.26 Å². The van der Waals surface area contributed by atoms with E-state index in [2.05, 4.69) is 5.32 Å². The van der Waals surface area contributed by atoms with Gasteiger partial charge in [0.1, 0.15) is 17.4 Å². The molecule has 2 rings (SSSR count). The van der Waals surface area contributed by atoms with Gasteiger partial charge >= 0.3 is 0 Å². The lowest BCUT2D eigenvalue weighted by molar-refractivity contribution is -0.112. The van der Waals surface area contributed by atoms with Gasteiger partial charge in [0, 0.05) is 5.69 Å². The molecule has 23 heavy (non-hydrogen) atoms. The van der Waals surface area contributed by atoms with Gasteiger partial charge in [-0.2, -0.15) is 5.26 Å². The maximum Gasteiger partial charge on any atom is 0.266 e. The number of nitrogens with zero attached hydrogens (tertiary/aromatic N) is 1. The van der Waals surface area contributed by atoms with Crippen LogP contribution in [0, 0.1) is 25.2 Å². The molecule has 0 heterocycles. The molecule has 2 aromatic rings. The van der Waals surface area contributed by atoms with Gasteiger partial charge in [0.2, 0.25) is 0 Å². The molecule has 1 N–H and O–H groups in total. The predicted octanol–water partition coefficient (Wildman–Crippen LogP) is 3.86. The summed E-state index contributed by atoms with van der Waals surface area (Å²) in [6.07, 6.45) is 1.56. The molecule has 0 aromatic heterocycles. The Morgan fingerprint density at radius 3 is 2.26 bits per heavy atom. The molecule has 116 valence electrons. The molecule has 0 unspecified atom stereocenters. The third-order valence-corrected chi connectivity index (χ3v) is 3.51. The number of carbonyl (C=O) groups excluding carboxylic acids is 1. The number of benzene rings is 2. The van der Waals surface area contributed by atoms with Crippen molar-refractivity contribution in [3.8, 4) is 11.8 Å². The average molecular weight is 306 g/mol. The van der Waals surface area contributed by atoms with Crippen molar-refractivity contribution in [3.63, 3.8) is 0 Å². The summed E-state index contributed by atoms with van der Waals surface area (Å²) in [6, 6.07) is 14.9. The second-order valence-electron chi connectivity index (χ2n) is 5.16. The number of ether oxygens (including phenoxy) is 1. The van der Waals surface area contributed by atoms with E-state index in [4.69, 9.17) is 4.74 Å². The highest BCUT2D eigenvalue weighted by Gasteiger charge is 2.12. The molecule has 0 aliphatic heterocycles. The summed E-state index contributed by atoms with van der Waals surface area (Å²) in [5.41, 5.74) is 3.48. The molecule has 4 nitrogen and oxygen atoms in total. The molecule has 4 heteroatoms. The van der Waals surface area contributed by atoms with Gasteiger partial charge in [-0.05, 0) is 48.7 Å². The summed E-state index contributed by atoms with van der Waals surface area (Å²) < 4.78 is 5.09. The second-order valence-corrected chi connectivity index (χ2v) is 5.16. The molecule has 0 saturated heterocycles. The maximum absolute atomic E-state index is 12.3. The van der Waals surface area contributed by atoms with Gasteiger partial charge < -0.3 is 10.1 Å². The van der Waals surface area contributed by atoms with Crippen molar-refractivity contribution in [3.05, 3.63) is 64.7 Å².